The van der Waals surface area contributed by atoms with Crippen LogP contribution in [0.3, 0.4) is 0 Å². The van der Waals surface area contributed by atoms with Gasteiger partial charge in [-0.2, -0.15) is 12.6 Å². The quantitative estimate of drug-likeness (QED) is 0.582. The van der Waals surface area contributed by atoms with E-state index in [0.29, 0.717) is 5.92 Å². The van der Waals surface area contributed by atoms with E-state index in [-0.39, 0.29) is 0 Å². The van der Waals surface area contributed by atoms with E-state index in [4.69, 9.17) is 0 Å². The second kappa shape index (κ2) is 5.19. The van der Waals surface area contributed by atoms with E-state index >= 15 is 0 Å². The van der Waals surface area contributed by atoms with Crippen LogP contribution in [0.4, 0.5) is 0 Å². The number of hydrogen-bond acceptors (Lipinski definition) is 1. The molecule has 1 aliphatic carbocycles. The topological polar surface area (TPSA) is 0 Å². The first-order valence-corrected chi connectivity index (χ1v) is 7.34. The molecular weight excluding hydrogens is 236 g/mol. The number of rotatable bonds is 4. The predicted octanol–water partition coefficient (Wildman–Crippen LogP) is 4.90. The van der Waals surface area contributed by atoms with Crippen molar-refractivity contribution in [1.29, 1.82) is 0 Å². The number of thiol groups is 1. The highest BCUT2D eigenvalue weighted by atomic mass is 32.1. The number of unbranched alkanes of at least 4 members (excludes halogenated alkanes) is 1. The molecule has 3 rings (SSSR count). The summed E-state index contributed by atoms with van der Waals surface area (Å²) in [5.74, 6) is 1.59. The summed E-state index contributed by atoms with van der Waals surface area (Å²) in [7, 11) is 0. The molecule has 1 heteroatoms. The van der Waals surface area contributed by atoms with Gasteiger partial charge in [-0.05, 0) is 40.8 Å². The van der Waals surface area contributed by atoms with Crippen molar-refractivity contribution in [2.24, 2.45) is 0 Å². The fourth-order valence-electron chi connectivity index (χ4n) is 3.03. The van der Waals surface area contributed by atoms with Gasteiger partial charge in [0.1, 0.15) is 0 Å². The van der Waals surface area contributed by atoms with Gasteiger partial charge in [-0.15, -0.1) is 0 Å². The first kappa shape index (κ1) is 11.9. The molecule has 2 aromatic rings. The van der Waals surface area contributed by atoms with Gasteiger partial charge in [0, 0.05) is 5.92 Å². The van der Waals surface area contributed by atoms with E-state index in [1.165, 1.54) is 41.5 Å². The Morgan fingerprint density at radius 3 is 1.89 bits per heavy atom. The van der Waals surface area contributed by atoms with E-state index in [9.17, 15) is 0 Å². The summed E-state index contributed by atoms with van der Waals surface area (Å²) in [4.78, 5) is 0. The lowest BCUT2D eigenvalue weighted by molar-refractivity contribution is 0.663. The van der Waals surface area contributed by atoms with Gasteiger partial charge in [0.15, 0.2) is 0 Å². The zero-order valence-electron chi connectivity index (χ0n) is 10.5. The minimum absolute atomic E-state index is 0.595. The number of hydrogen-bond donors (Lipinski definition) is 1. The molecule has 0 amide bonds. The van der Waals surface area contributed by atoms with Crippen LogP contribution in [0.15, 0.2) is 48.5 Å². The highest BCUT2D eigenvalue weighted by molar-refractivity contribution is 7.80. The average Bonchev–Trinajstić information content (AvgIpc) is 2.74. The second-order valence-corrected chi connectivity index (χ2v) is 5.39. The Bertz CT molecular complexity index is 499. The van der Waals surface area contributed by atoms with Gasteiger partial charge >= 0.3 is 0 Å². The van der Waals surface area contributed by atoms with Crippen molar-refractivity contribution in [1.82, 2.24) is 0 Å². The van der Waals surface area contributed by atoms with Crippen molar-refractivity contribution in [3.63, 3.8) is 0 Å². The SMILES string of the molecule is SCCCCC1c2ccccc2-c2ccccc21. The Kier molecular flexibility index (Phi) is 3.42. The second-order valence-electron chi connectivity index (χ2n) is 4.95. The molecular formula is C17H18S. The largest absolute Gasteiger partial charge is 0.179 e. The average molecular weight is 254 g/mol. The molecule has 0 heterocycles. The molecule has 0 nitrogen and oxygen atoms in total. The molecule has 92 valence electrons. The molecule has 0 radical (unpaired) electrons. The van der Waals surface area contributed by atoms with E-state index in [2.05, 4.69) is 61.2 Å². The lowest BCUT2D eigenvalue weighted by Gasteiger charge is -2.12. The van der Waals surface area contributed by atoms with Crippen LogP contribution in [-0.2, 0) is 0 Å². The molecule has 0 N–H and O–H groups in total. The molecule has 0 spiro atoms. The Morgan fingerprint density at radius 2 is 1.33 bits per heavy atom. The van der Waals surface area contributed by atoms with Crippen LogP contribution in [0.2, 0.25) is 0 Å². The van der Waals surface area contributed by atoms with Crippen LogP contribution in [0.25, 0.3) is 11.1 Å². The van der Waals surface area contributed by atoms with Gasteiger partial charge < -0.3 is 0 Å². The maximum atomic E-state index is 4.31. The van der Waals surface area contributed by atoms with Crippen molar-refractivity contribution in [3.8, 4) is 11.1 Å². The molecule has 0 unspecified atom stereocenters. The summed E-state index contributed by atoms with van der Waals surface area (Å²) in [5, 5.41) is 0. The van der Waals surface area contributed by atoms with Crippen LogP contribution in [-0.4, -0.2) is 5.75 Å². The molecule has 1 aliphatic rings. The van der Waals surface area contributed by atoms with Crippen LogP contribution in [0.5, 0.6) is 0 Å². The molecule has 0 saturated heterocycles. The lowest BCUT2D eigenvalue weighted by Crippen LogP contribution is -1.96. The first-order valence-electron chi connectivity index (χ1n) is 6.71. The van der Waals surface area contributed by atoms with Crippen LogP contribution < -0.4 is 0 Å². The molecule has 0 aromatic heterocycles. The third-order valence-corrected chi connectivity index (χ3v) is 4.18. The molecule has 0 atom stereocenters. The Hall–Kier alpha value is -1.21. The Labute approximate surface area is 114 Å². The Balaban J connectivity index is 1.98. The minimum Gasteiger partial charge on any atom is -0.179 e. The van der Waals surface area contributed by atoms with Crippen LogP contribution >= 0.6 is 12.6 Å². The third kappa shape index (κ3) is 1.97. The summed E-state index contributed by atoms with van der Waals surface area (Å²) in [6.45, 7) is 0. The summed E-state index contributed by atoms with van der Waals surface area (Å²) in [6.07, 6.45) is 3.72. The van der Waals surface area contributed by atoms with E-state index < -0.39 is 0 Å². The first-order chi connectivity index (χ1) is 8.92. The van der Waals surface area contributed by atoms with Gasteiger partial charge in [0.05, 0.1) is 0 Å². The lowest BCUT2D eigenvalue weighted by atomic mass is 9.92. The van der Waals surface area contributed by atoms with Crippen molar-refractivity contribution in [2.75, 3.05) is 5.75 Å². The summed E-state index contributed by atoms with van der Waals surface area (Å²) in [5.41, 5.74) is 5.89. The standard InChI is InChI=1S/C17H18S/c18-12-6-5-11-17-15-9-3-1-7-13(15)14-8-2-4-10-16(14)17/h1-4,7-10,17-18H,5-6,11-12H2. The fourth-order valence-corrected chi connectivity index (χ4v) is 3.25. The number of benzene rings is 2. The van der Waals surface area contributed by atoms with Gasteiger partial charge in [-0.3, -0.25) is 0 Å². The summed E-state index contributed by atoms with van der Waals surface area (Å²) >= 11 is 4.31. The third-order valence-electron chi connectivity index (χ3n) is 3.86. The molecule has 2 aromatic carbocycles. The van der Waals surface area contributed by atoms with Crippen molar-refractivity contribution < 1.29 is 0 Å². The van der Waals surface area contributed by atoms with Crippen molar-refractivity contribution >= 4 is 12.6 Å². The fraction of sp³-hybridized carbons (Fsp3) is 0.294. The zero-order valence-corrected chi connectivity index (χ0v) is 11.4. The predicted molar refractivity (Wildman–Crippen MR) is 81.4 cm³/mol. The molecule has 0 saturated carbocycles. The van der Waals surface area contributed by atoms with E-state index in [1.54, 1.807) is 0 Å². The van der Waals surface area contributed by atoms with E-state index in [1.807, 2.05) is 0 Å². The summed E-state index contributed by atoms with van der Waals surface area (Å²) in [6, 6.07) is 17.7. The van der Waals surface area contributed by atoms with Crippen molar-refractivity contribution in [2.45, 2.75) is 25.2 Å². The number of fused-ring (bicyclic) bond motifs is 3. The highest BCUT2D eigenvalue weighted by Gasteiger charge is 2.26. The van der Waals surface area contributed by atoms with Gasteiger partial charge in [-0.1, -0.05) is 55.0 Å². The monoisotopic (exact) mass is 254 g/mol. The zero-order chi connectivity index (χ0) is 12.4. The van der Waals surface area contributed by atoms with Crippen LogP contribution in [0.1, 0.15) is 36.3 Å². The molecule has 18 heavy (non-hydrogen) atoms. The molecule has 0 aliphatic heterocycles. The molecule has 0 fully saturated rings. The maximum Gasteiger partial charge on any atom is 0.0102 e. The van der Waals surface area contributed by atoms with Gasteiger partial charge in [0.2, 0.25) is 0 Å². The highest BCUT2D eigenvalue weighted by Crippen LogP contribution is 2.46. The Morgan fingerprint density at radius 1 is 0.778 bits per heavy atom. The molecule has 0 bridgehead atoms. The van der Waals surface area contributed by atoms with Crippen LogP contribution in [0, 0.1) is 0 Å². The van der Waals surface area contributed by atoms with E-state index in [0.717, 1.165) is 5.75 Å². The summed E-state index contributed by atoms with van der Waals surface area (Å²) < 4.78 is 0. The van der Waals surface area contributed by atoms with Gasteiger partial charge in [0.25, 0.3) is 0 Å². The maximum absolute atomic E-state index is 4.31. The smallest absolute Gasteiger partial charge is 0.0102 e. The van der Waals surface area contributed by atoms with Crippen molar-refractivity contribution in [3.05, 3.63) is 59.7 Å². The van der Waals surface area contributed by atoms with Gasteiger partial charge in [-0.25, -0.2) is 0 Å². The normalized spacial score (nSPS) is 13.4. The minimum atomic E-state index is 0.595.